The molecular formula is C9H11BrCl2Si. The van der Waals surface area contributed by atoms with Crippen LogP contribution in [0, 0.1) is 6.92 Å². The monoisotopic (exact) mass is 296 g/mol. The van der Waals surface area contributed by atoms with Gasteiger partial charge in [0.1, 0.15) is 0 Å². The van der Waals surface area contributed by atoms with Gasteiger partial charge in [-0.25, -0.2) is 0 Å². The molecule has 0 aromatic heterocycles. The minimum Gasteiger partial charge on any atom is -0.140 e. The third-order valence-corrected chi connectivity index (χ3v) is 7.66. The van der Waals surface area contributed by atoms with Crippen LogP contribution in [0.1, 0.15) is 5.56 Å². The molecule has 0 saturated heterocycles. The Morgan fingerprint density at radius 3 is 2.46 bits per heavy atom. The van der Waals surface area contributed by atoms with Gasteiger partial charge < -0.3 is 0 Å². The number of hydrogen-bond donors (Lipinski definition) is 0. The van der Waals surface area contributed by atoms with Crippen LogP contribution in [0.25, 0.3) is 0 Å². The maximum Gasteiger partial charge on any atom is 0.281 e. The van der Waals surface area contributed by atoms with Crippen molar-refractivity contribution >= 4 is 50.0 Å². The average molecular weight is 298 g/mol. The van der Waals surface area contributed by atoms with Crippen LogP contribution in [0.3, 0.4) is 0 Å². The van der Waals surface area contributed by atoms with Crippen molar-refractivity contribution in [2.75, 3.05) is 5.33 Å². The number of rotatable bonds is 3. The second-order valence-corrected chi connectivity index (χ2v) is 10.7. The first-order valence-corrected chi connectivity index (χ1v) is 9.43. The number of hydrogen-bond acceptors (Lipinski definition) is 0. The molecule has 0 atom stereocenters. The first-order chi connectivity index (χ1) is 6.08. The second-order valence-electron chi connectivity index (χ2n) is 2.96. The zero-order valence-corrected chi connectivity index (χ0v) is 11.5. The van der Waals surface area contributed by atoms with Crippen LogP contribution in [0.5, 0.6) is 0 Å². The standard InChI is InChI=1S/C9H11BrCl2Si/c1-8-4-2-3-5-9(8)13(11,12)7-6-10/h2-5H,6-7H2,1H3. The van der Waals surface area contributed by atoms with Crippen LogP contribution in [-0.2, 0) is 0 Å². The highest BCUT2D eigenvalue weighted by atomic mass is 79.9. The number of halogens is 3. The Labute approximate surface area is 97.8 Å². The van der Waals surface area contributed by atoms with Gasteiger partial charge >= 0.3 is 0 Å². The molecular weight excluding hydrogens is 287 g/mol. The quantitative estimate of drug-likeness (QED) is 0.455. The number of aryl methyl sites for hydroxylation is 1. The molecule has 1 aromatic carbocycles. The molecule has 0 bridgehead atoms. The smallest absolute Gasteiger partial charge is 0.140 e. The zero-order valence-electron chi connectivity index (χ0n) is 7.36. The summed E-state index contributed by atoms with van der Waals surface area (Å²) in [5.41, 5.74) is 1.19. The van der Waals surface area contributed by atoms with Crippen LogP contribution < -0.4 is 5.19 Å². The Hall–Kier alpha value is 0.497. The number of benzene rings is 1. The lowest BCUT2D eigenvalue weighted by atomic mass is 10.2. The molecule has 0 spiro atoms. The average Bonchev–Trinajstić information content (AvgIpc) is 2.04. The van der Waals surface area contributed by atoms with Crippen molar-refractivity contribution in [1.29, 1.82) is 0 Å². The van der Waals surface area contributed by atoms with Gasteiger partial charge in [0.2, 0.25) is 0 Å². The fourth-order valence-corrected chi connectivity index (χ4v) is 7.74. The Bertz CT molecular complexity index is 289. The summed E-state index contributed by atoms with van der Waals surface area (Å²) in [4.78, 5) is 0. The van der Waals surface area contributed by atoms with E-state index in [4.69, 9.17) is 22.2 Å². The minimum absolute atomic E-state index is 0.848. The molecule has 0 aliphatic rings. The highest BCUT2D eigenvalue weighted by molar-refractivity contribution is 9.09. The van der Waals surface area contributed by atoms with Gasteiger partial charge in [0, 0.05) is 5.33 Å². The van der Waals surface area contributed by atoms with Crippen molar-refractivity contribution in [2.45, 2.75) is 13.0 Å². The lowest BCUT2D eigenvalue weighted by Crippen LogP contribution is -2.38. The Kier molecular flexibility index (Phi) is 4.30. The lowest BCUT2D eigenvalue weighted by molar-refractivity contribution is 1.46. The van der Waals surface area contributed by atoms with Crippen molar-refractivity contribution in [3.05, 3.63) is 29.8 Å². The first kappa shape index (κ1) is 11.6. The molecule has 0 N–H and O–H groups in total. The summed E-state index contributed by atoms with van der Waals surface area (Å²) < 4.78 is 0. The molecule has 0 fully saturated rings. The summed E-state index contributed by atoms with van der Waals surface area (Å²) in [6.07, 6.45) is 0. The summed E-state index contributed by atoms with van der Waals surface area (Å²) in [5, 5.41) is 2.00. The summed E-state index contributed by atoms with van der Waals surface area (Å²) in [6, 6.07) is 8.93. The molecule has 0 saturated carbocycles. The predicted molar refractivity (Wildman–Crippen MR) is 66.9 cm³/mol. The summed E-state index contributed by atoms with van der Waals surface area (Å²) >= 11 is 16.1. The van der Waals surface area contributed by atoms with Crippen molar-refractivity contribution in [2.24, 2.45) is 0 Å². The van der Waals surface area contributed by atoms with Crippen LogP contribution in [0.2, 0.25) is 6.04 Å². The van der Waals surface area contributed by atoms with Gasteiger partial charge in [-0.2, -0.15) is 0 Å². The van der Waals surface area contributed by atoms with Crippen molar-refractivity contribution in [3.8, 4) is 0 Å². The van der Waals surface area contributed by atoms with Gasteiger partial charge in [-0.1, -0.05) is 40.2 Å². The molecule has 0 unspecified atom stereocenters. The molecule has 0 amide bonds. The fourth-order valence-electron chi connectivity index (χ4n) is 1.24. The summed E-state index contributed by atoms with van der Waals surface area (Å²) in [5.74, 6) is 0. The summed E-state index contributed by atoms with van der Waals surface area (Å²) in [7, 11) is 0. The highest BCUT2D eigenvalue weighted by Crippen LogP contribution is 2.22. The number of alkyl halides is 1. The normalized spacial score (nSPS) is 11.7. The van der Waals surface area contributed by atoms with Crippen molar-refractivity contribution in [3.63, 3.8) is 0 Å². The van der Waals surface area contributed by atoms with Crippen molar-refractivity contribution in [1.82, 2.24) is 0 Å². The van der Waals surface area contributed by atoms with E-state index in [9.17, 15) is 0 Å². The van der Waals surface area contributed by atoms with E-state index < -0.39 is 6.69 Å². The van der Waals surface area contributed by atoms with Gasteiger partial charge in [-0.3, -0.25) is 0 Å². The van der Waals surface area contributed by atoms with Gasteiger partial charge in [-0.15, -0.1) is 22.2 Å². The first-order valence-electron chi connectivity index (χ1n) is 4.08. The van der Waals surface area contributed by atoms with Gasteiger partial charge in [0.05, 0.1) is 0 Å². The zero-order chi connectivity index (χ0) is 9.90. The van der Waals surface area contributed by atoms with E-state index in [1.807, 2.05) is 18.2 Å². The molecule has 13 heavy (non-hydrogen) atoms. The molecule has 72 valence electrons. The van der Waals surface area contributed by atoms with E-state index in [0.717, 1.165) is 16.6 Å². The Balaban J connectivity index is 2.99. The summed E-state index contributed by atoms with van der Waals surface area (Å²) in [6.45, 7) is -0.175. The second kappa shape index (κ2) is 4.83. The SMILES string of the molecule is Cc1ccccc1[Si](Cl)(Cl)CCBr. The topological polar surface area (TPSA) is 0 Å². The van der Waals surface area contributed by atoms with Gasteiger partial charge in [0.15, 0.2) is 0 Å². The van der Waals surface area contributed by atoms with Crippen LogP contribution in [0.4, 0.5) is 0 Å². The molecule has 0 heterocycles. The van der Waals surface area contributed by atoms with Crippen LogP contribution in [0.15, 0.2) is 24.3 Å². The maximum atomic E-state index is 6.34. The molecule has 1 rings (SSSR count). The van der Waals surface area contributed by atoms with Gasteiger partial charge in [0.25, 0.3) is 6.69 Å². The largest absolute Gasteiger partial charge is 0.281 e. The molecule has 0 radical (unpaired) electrons. The minimum atomic E-state index is -2.23. The Morgan fingerprint density at radius 2 is 1.92 bits per heavy atom. The van der Waals surface area contributed by atoms with E-state index >= 15 is 0 Å². The van der Waals surface area contributed by atoms with E-state index in [-0.39, 0.29) is 0 Å². The van der Waals surface area contributed by atoms with E-state index in [1.165, 1.54) is 5.56 Å². The van der Waals surface area contributed by atoms with E-state index in [1.54, 1.807) is 0 Å². The third kappa shape index (κ3) is 2.98. The van der Waals surface area contributed by atoms with E-state index in [2.05, 4.69) is 28.9 Å². The third-order valence-electron chi connectivity index (χ3n) is 1.95. The molecule has 4 heteroatoms. The molecule has 1 aromatic rings. The lowest BCUT2D eigenvalue weighted by Gasteiger charge is -2.17. The maximum absolute atomic E-state index is 6.34. The highest BCUT2D eigenvalue weighted by Gasteiger charge is 2.31. The van der Waals surface area contributed by atoms with Crippen molar-refractivity contribution < 1.29 is 0 Å². The fraction of sp³-hybridized carbons (Fsp3) is 0.333. The van der Waals surface area contributed by atoms with Crippen LogP contribution in [-0.4, -0.2) is 12.0 Å². The molecule has 0 aliphatic carbocycles. The van der Waals surface area contributed by atoms with Crippen LogP contribution >= 0.6 is 38.1 Å². The molecule has 0 nitrogen and oxygen atoms in total. The molecule has 0 aliphatic heterocycles. The van der Waals surface area contributed by atoms with Gasteiger partial charge in [-0.05, 0) is 23.7 Å². The Morgan fingerprint density at radius 1 is 1.31 bits per heavy atom. The predicted octanol–water partition coefficient (Wildman–Crippen LogP) is 3.52. The van der Waals surface area contributed by atoms with E-state index in [0.29, 0.717) is 0 Å².